The largest absolute Gasteiger partial charge is 0.356 e. The van der Waals surface area contributed by atoms with Gasteiger partial charge in [0.25, 0.3) is 0 Å². The van der Waals surface area contributed by atoms with Gasteiger partial charge in [-0.15, -0.1) is 0 Å². The van der Waals surface area contributed by atoms with Crippen molar-refractivity contribution in [1.82, 2.24) is 10.2 Å². The summed E-state index contributed by atoms with van der Waals surface area (Å²) < 4.78 is 0. The van der Waals surface area contributed by atoms with Crippen molar-refractivity contribution in [3.05, 3.63) is 0 Å². The standard InChI is InChI=1S/C14H22N2O3/c1-2-8-15-12(17)7-9-16-13(18)10-5-3-4-6-11(10)14(16)19/h10-11H,2-9H2,1H3,(H,15,17). The minimum atomic E-state index is -0.111. The van der Waals surface area contributed by atoms with E-state index < -0.39 is 0 Å². The molecule has 0 aromatic heterocycles. The summed E-state index contributed by atoms with van der Waals surface area (Å²) in [5.41, 5.74) is 0. The van der Waals surface area contributed by atoms with E-state index in [1.54, 1.807) is 0 Å². The molecule has 3 amide bonds. The van der Waals surface area contributed by atoms with Gasteiger partial charge in [-0.05, 0) is 19.3 Å². The third-order valence-electron chi connectivity index (χ3n) is 4.07. The van der Waals surface area contributed by atoms with Crippen molar-refractivity contribution >= 4 is 17.7 Å². The molecular weight excluding hydrogens is 244 g/mol. The second-order valence-electron chi connectivity index (χ2n) is 5.43. The molecule has 0 aromatic carbocycles. The lowest BCUT2D eigenvalue weighted by Crippen LogP contribution is -2.35. The average Bonchev–Trinajstić information content (AvgIpc) is 2.67. The van der Waals surface area contributed by atoms with Crippen LogP contribution in [0.2, 0.25) is 0 Å². The van der Waals surface area contributed by atoms with Gasteiger partial charge < -0.3 is 5.32 Å². The molecule has 2 fully saturated rings. The number of imide groups is 1. The van der Waals surface area contributed by atoms with E-state index >= 15 is 0 Å². The van der Waals surface area contributed by atoms with Crippen molar-refractivity contribution < 1.29 is 14.4 Å². The summed E-state index contributed by atoms with van der Waals surface area (Å²) in [5.74, 6) is -0.423. The Morgan fingerprint density at radius 3 is 2.32 bits per heavy atom. The van der Waals surface area contributed by atoms with Crippen LogP contribution in [0.3, 0.4) is 0 Å². The highest BCUT2D eigenvalue weighted by molar-refractivity contribution is 6.05. The lowest BCUT2D eigenvalue weighted by Gasteiger charge is -2.19. The average molecular weight is 266 g/mol. The molecule has 5 heteroatoms. The van der Waals surface area contributed by atoms with Crippen molar-refractivity contribution in [3.8, 4) is 0 Å². The molecular formula is C14H22N2O3. The molecule has 2 aliphatic rings. The van der Waals surface area contributed by atoms with E-state index in [2.05, 4.69) is 5.32 Å². The number of nitrogens with one attached hydrogen (secondary N) is 1. The van der Waals surface area contributed by atoms with Crippen LogP contribution in [0.5, 0.6) is 0 Å². The van der Waals surface area contributed by atoms with Gasteiger partial charge >= 0.3 is 0 Å². The molecule has 0 bridgehead atoms. The van der Waals surface area contributed by atoms with Gasteiger partial charge in [0.2, 0.25) is 17.7 Å². The molecule has 1 aliphatic carbocycles. The number of nitrogens with zero attached hydrogens (tertiary/aromatic N) is 1. The lowest BCUT2D eigenvalue weighted by atomic mass is 9.81. The van der Waals surface area contributed by atoms with Crippen LogP contribution in [0.15, 0.2) is 0 Å². The van der Waals surface area contributed by atoms with Crippen molar-refractivity contribution in [2.24, 2.45) is 11.8 Å². The fourth-order valence-electron chi connectivity index (χ4n) is 3.02. The number of carbonyl (C=O) groups is 3. The van der Waals surface area contributed by atoms with Gasteiger partial charge in [-0.25, -0.2) is 0 Å². The Morgan fingerprint density at radius 1 is 1.21 bits per heavy atom. The first-order valence-electron chi connectivity index (χ1n) is 7.27. The Kier molecular flexibility index (Phi) is 4.56. The van der Waals surface area contributed by atoms with Gasteiger partial charge in [-0.1, -0.05) is 19.8 Å². The quantitative estimate of drug-likeness (QED) is 0.757. The molecule has 1 aliphatic heterocycles. The smallest absolute Gasteiger partial charge is 0.233 e. The highest BCUT2D eigenvalue weighted by atomic mass is 16.2. The van der Waals surface area contributed by atoms with E-state index in [0.29, 0.717) is 6.54 Å². The number of carbonyl (C=O) groups excluding carboxylic acids is 3. The van der Waals surface area contributed by atoms with Crippen LogP contribution < -0.4 is 5.32 Å². The van der Waals surface area contributed by atoms with E-state index in [4.69, 9.17) is 0 Å². The minimum Gasteiger partial charge on any atom is -0.356 e. The molecule has 1 heterocycles. The normalized spacial score (nSPS) is 26.5. The first-order chi connectivity index (χ1) is 9.15. The number of likely N-dealkylation sites (tertiary alicyclic amines) is 1. The van der Waals surface area contributed by atoms with E-state index in [1.807, 2.05) is 6.92 Å². The van der Waals surface area contributed by atoms with Crippen molar-refractivity contribution in [2.75, 3.05) is 13.1 Å². The monoisotopic (exact) mass is 266 g/mol. The van der Waals surface area contributed by atoms with Gasteiger partial charge in [-0.3, -0.25) is 19.3 Å². The lowest BCUT2D eigenvalue weighted by molar-refractivity contribution is -0.140. The summed E-state index contributed by atoms with van der Waals surface area (Å²) in [6, 6.07) is 0. The molecule has 5 nitrogen and oxygen atoms in total. The van der Waals surface area contributed by atoms with E-state index in [-0.39, 0.29) is 42.5 Å². The number of amides is 3. The predicted octanol–water partition coefficient (Wildman–Crippen LogP) is 1.08. The zero-order chi connectivity index (χ0) is 13.8. The zero-order valence-corrected chi connectivity index (χ0v) is 11.5. The van der Waals surface area contributed by atoms with E-state index in [9.17, 15) is 14.4 Å². The number of hydrogen-bond donors (Lipinski definition) is 1. The third-order valence-corrected chi connectivity index (χ3v) is 4.07. The van der Waals surface area contributed by atoms with Crippen LogP contribution in [-0.2, 0) is 14.4 Å². The molecule has 19 heavy (non-hydrogen) atoms. The van der Waals surface area contributed by atoms with Gasteiger partial charge in [-0.2, -0.15) is 0 Å². The summed E-state index contributed by atoms with van der Waals surface area (Å²) in [4.78, 5) is 37.1. The molecule has 2 unspecified atom stereocenters. The summed E-state index contributed by atoms with van der Waals surface area (Å²) >= 11 is 0. The SMILES string of the molecule is CCCNC(=O)CCN1C(=O)C2CCCCC2C1=O. The molecule has 0 aromatic rings. The Bertz CT molecular complexity index is 357. The topological polar surface area (TPSA) is 66.5 Å². The van der Waals surface area contributed by atoms with Crippen LogP contribution in [0.1, 0.15) is 45.4 Å². The second kappa shape index (κ2) is 6.17. The zero-order valence-electron chi connectivity index (χ0n) is 11.5. The first kappa shape index (κ1) is 14.0. The number of hydrogen-bond acceptors (Lipinski definition) is 3. The molecule has 106 valence electrons. The highest BCUT2D eigenvalue weighted by Gasteiger charge is 2.47. The Hall–Kier alpha value is -1.39. The van der Waals surface area contributed by atoms with Crippen LogP contribution in [0.4, 0.5) is 0 Å². The van der Waals surface area contributed by atoms with Crippen LogP contribution >= 0.6 is 0 Å². The summed E-state index contributed by atoms with van der Waals surface area (Å²) in [7, 11) is 0. The Labute approximate surface area is 113 Å². The molecule has 0 radical (unpaired) electrons. The minimum absolute atomic E-state index is 0.0574. The van der Waals surface area contributed by atoms with Crippen molar-refractivity contribution in [1.29, 1.82) is 0 Å². The first-order valence-corrected chi connectivity index (χ1v) is 7.27. The van der Waals surface area contributed by atoms with E-state index in [1.165, 1.54) is 4.90 Å². The number of rotatable bonds is 5. The number of fused-ring (bicyclic) bond motifs is 1. The summed E-state index contributed by atoms with van der Waals surface area (Å²) in [5, 5.41) is 2.76. The summed E-state index contributed by atoms with van der Waals surface area (Å²) in [6.45, 7) is 2.87. The fraction of sp³-hybridized carbons (Fsp3) is 0.786. The van der Waals surface area contributed by atoms with Gasteiger partial charge in [0.15, 0.2) is 0 Å². The van der Waals surface area contributed by atoms with Crippen molar-refractivity contribution in [3.63, 3.8) is 0 Å². The summed E-state index contributed by atoms with van der Waals surface area (Å²) in [6.07, 6.45) is 4.83. The maximum absolute atomic E-state index is 12.2. The second-order valence-corrected chi connectivity index (χ2v) is 5.43. The molecule has 0 spiro atoms. The van der Waals surface area contributed by atoms with Crippen LogP contribution in [0.25, 0.3) is 0 Å². The molecule has 2 atom stereocenters. The third kappa shape index (κ3) is 2.96. The van der Waals surface area contributed by atoms with E-state index in [0.717, 1.165) is 32.1 Å². The Balaban J connectivity index is 1.88. The van der Waals surface area contributed by atoms with Gasteiger partial charge in [0, 0.05) is 19.5 Å². The Morgan fingerprint density at radius 2 is 1.79 bits per heavy atom. The molecule has 1 saturated carbocycles. The maximum atomic E-state index is 12.2. The van der Waals surface area contributed by atoms with Crippen LogP contribution in [0, 0.1) is 11.8 Å². The molecule has 2 rings (SSSR count). The maximum Gasteiger partial charge on any atom is 0.233 e. The molecule has 1 N–H and O–H groups in total. The predicted molar refractivity (Wildman–Crippen MR) is 70.1 cm³/mol. The van der Waals surface area contributed by atoms with Gasteiger partial charge in [0.05, 0.1) is 11.8 Å². The molecule has 1 saturated heterocycles. The van der Waals surface area contributed by atoms with Crippen molar-refractivity contribution in [2.45, 2.75) is 45.4 Å². The van der Waals surface area contributed by atoms with Crippen LogP contribution in [-0.4, -0.2) is 35.7 Å². The highest BCUT2D eigenvalue weighted by Crippen LogP contribution is 2.37. The fourth-order valence-corrected chi connectivity index (χ4v) is 3.02. The van der Waals surface area contributed by atoms with Gasteiger partial charge in [0.1, 0.15) is 0 Å².